The predicted octanol–water partition coefficient (Wildman–Crippen LogP) is 4.34. The number of hydrogen-bond acceptors (Lipinski definition) is 6. The Labute approximate surface area is 182 Å². The van der Waals surface area contributed by atoms with Gasteiger partial charge in [0.1, 0.15) is 27.9 Å². The highest BCUT2D eigenvalue weighted by atomic mass is 32.2. The molecule has 0 radical (unpaired) electrons. The zero-order chi connectivity index (χ0) is 21.4. The van der Waals surface area contributed by atoms with Gasteiger partial charge >= 0.3 is 0 Å². The van der Waals surface area contributed by atoms with Gasteiger partial charge in [-0.15, -0.1) is 0 Å². The van der Waals surface area contributed by atoms with Crippen molar-refractivity contribution in [1.29, 1.82) is 0 Å². The third-order valence-corrected chi connectivity index (χ3v) is 8.82. The van der Waals surface area contributed by atoms with Crippen LogP contribution in [0.1, 0.15) is 37.7 Å². The molecule has 30 heavy (non-hydrogen) atoms. The van der Waals surface area contributed by atoms with Crippen LogP contribution in [0.2, 0.25) is 0 Å². The number of aliphatic imine (C=N–C) groups is 2. The van der Waals surface area contributed by atoms with E-state index >= 15 is 0 Å². The Bertz CT molecular complexity index is 1170. The summed E-state index contributed by atoms with van der Waals surface area (Å²) in [4.78, 5) is 17.8. The van der Waals surface area contributed by atoms with Gasteiger partial charge in [-0.25, -0.2) is 15.0 Å². The van der Waals surface area contributed by atoms with Crippen molar-refractivity contribution in [2.75, 3.05) is 5.73 Å². The lowest BCUT2D eigenvalue weighted by atomic mass is 10.0. The summed E-state index contributed by atoms with van der Waals surface area (Å²) in [6.45, 7) is 7.30. The van der Waals surface area contributed by atoms with Crippen LogP contribution in [0.4, 0.5) is 5.69 Å². The average Bonchev–Trinajstić information content (AvgIpc) is 3.19. The normalized spacial score (nSPS) is 16.3. The number of rotatable bonds is 6. The second kappa shape index (κ2) is 8.33. The van der Waals surface area contributed by atoms with Crippen molar-refractivity contribution in [3.05, 3.63) is 30.0 Å². The SMILES string of the molecule is C=N/C=N\C=C(/C)c1cc(-c2cnc(C)n2C)c2c(N)c([S+]([O-])C3CCC3)sc2n1. The molecule has 0 bridgehead atoms. The molecule has 3 aromatic rings. The van der Waals surface area contributed by atoms with Crippen LogP contribution in [0, 0.1) is 6.92 Å². The molecule has 0 amide bonds. The van der Waals surface area contributed by atoms with Crippen LogP contribution < -0.4 is 5.73 Å². The van der Waals surface area contributed by atoms with E-state index in [1.54, 1.807) is 6.20 Å². The average molecular weight is 441 g/mol. The van der Waals surface area contributed by atoms with E-state index in [0.717, 1.165) is 62.0 Å². The van der Waals surface area contributed by atoms with Crippen molar-refractivity contribution < 1.29 is 4.55 Å². The number of fused-ring (bicyclic) bond motifs is 1. The van der Waals surface area contributed by atoms with Gasteiger partial charge in [-0.2, -0.15) is 0 Å². The maximum atomic E-state index is 13.1. The maximum Gasteiger partial charge on any atom is 0.232 e. The van der Waals surface area contributed by atoms with Crippen LogP contribution in [-0.2, 0) is 18.2 Å². The minimum absolute atomic E-state index is 0.199. The Morgan fingerprint density at radius 1 is 1.47 bits per heavy atom. The van der Waals surface area contributed by atoms with Gasteiger partial charge < -0.3 is 14.9 Å². The van der Waals surface area contributed by atoms with Gasteiger partial charge in [0.15, 0.2) is 0 Å². The van der Waals surface area contributed by atoms with E-state index in [1.165, 1.54) is 17.7 Å². The summed E-state index contributed by atoms with van der Waals surface area (Å²) in [6, 6.07) is 2.00. The highest BCUT2D eigenvalue weighted by molar-refractivity contribution is 7.94. The monoisotopic (exact) mass is 440 g/mol. The molecule has 156 valence electrons. The summed E-state index contributed by atoms with van der Waals surface area (Å²) in [5.74, 6) is 0.900. The number of pyridine rings is 1. The molecule has 3 heterocycles. The van der Waals surface area contributed by atoms with Crippen LogP contribution in [0.25, 0.3) is 27.0 Å². The second-order valence-corrected chi connectivity index (χ2v) is 10.3. The first kappa shape index (κ1) is 20.8. The van der Waals surface area contributed by atoms with Gasteiger partial charge in [0.2, 0.25) is 4.21 Å². The summed E-state index contributed by atoms with van der Waals surface area (Å²) >= 11 is 0.331. The summed E-state index contributed by atoms with van der Waals surface area (Å²) in [7, 11) is 1.97. The first-order valence-corrected chi connectivity index (χ1v) is 11.7. The lowest BCUT2D eigenvalue weighted by molar-refractivity contribution is 0.478. The Morgan fingerprint density at radius 2 is 2.23 bits per heavy atom. The van der Waals surface area contributed by atoms with Gasteiger partial charge in [0, 0.05) is 35.4 Å². The number of anilines is 1. The molecule has 1 aliphatic carbocycles. The third-order valence-electron chi connectivity index (χ3n) is 5.52. The molecule has 1 atom stereocenters. The van der Waals surface area contributed by atoms with E-state index in [0.29, 0.717) is 5.69 Å². The van der Waals surface area contributed by atoms with Crippen LogP contribution >= 0.6 is 11.3 Å². The minimum atomic E-state index is -1.10. The fraction of sp³-hybridized carbons (Fsp3) is 0.333. The molecule has 0 spiro atoms. The molecule has 0 aliphatic heterocycles. The number of aromatic nitrogens is 3. The predicted molar refractivity (Wildman–Crippen MR) is 127 cm³/mol. The minimum Gasteiger partial charge on any atom is -0.611 e. The first-order valence-electron chi connectivity index (χ1n) is 9.69. The van der Waals surface area contributed by atoms with Crippen molar-refractivity contribution in [2.24, 2.45) is 17.0 Å². The first-order chi connectivity index (χ1) is 14.4. The van der Waals surface area contributed by atoms with Crippen LogP contribution in [0.3, 0.4) is 0 Å². The lowest BCUT2D eigenvalue weighted by Gasteiger charge is -2.27. The summed E-state index contributed by atoms with van der Waals surface area (Å²) in [5.41, 5.74) is 10.7. The highest BCUT2D eigenvalue weighted by Gasteiger charge is 2.35. The molecule has 1 aliphatic rings. The number of allylic oxidation sites excluding steroid dienone is 1. The highest BCUT2D eigenvalue weighted by Crippen LogP contribution is 2.45. The van der Waals surface area contributed by atoms with Crippen molar-refractivity contribution in [1.82, 2.24) is 14.5 Å². The fourth-order valence-electron chi connectivity index (χ4n) is 3.40. The number of nitrogen functional groups attached to an aromatic ring is 1. The number of hydrogen-bond donors (Lipinski definition) is 1. The molecule has 7 nitrogen and oxygen atoms in total. The van der Waals surface area contributed by atoms with Gasteiger partial charge in [-0.05, 0) is 51.5 Å². The molecule has 1 saturated carbocycles. The zero-order valence-corrected chi connectivity index (χ0v) is 18.9. The molecular weight excluding hydrogens is 416 g/mol. The van der Waals surface area contributed by atoms with E-state index in [-0.39, 0.29) is 5.25 Å². The summed E-state index contributed by atoms with van der Waals surface area (Å²) in [5, 5.41) is 1.04. The van der Waals surface area contributed by atoms with Crippen LogP contribution in [0.15, 0.2) is 32.7 Å². The van der Waals surface area contributed by atoms with E-state index < -0.39 is 11.2 Å². The van der Waals surface area contributed by atoms with E-state index in [9.17, 15) is 4.55 Å². The molecule has 3 aromatic heterocycles. The maximum absolute atomic E-state index is 13.1. The fourth-order valence-corrected chi connectivity index (χ4v) is 6.61. The van der Waals surface area contributed by atoms with Gasteiger partial charge in [0.25, 0.3) is 0 Å². The van der Waals surface area contributed by atoms with Crippen molar-refractivity contribution in [2.45, 2.75) is 42.6 Å². The number of nitrogens with two attached hydrogens (primary N) is 1. The smallest absolute Gasteiger partial charge is 0.232 e. The molecular formula is C21H24N6OS2. The standard InChI is InChI=1S/C21H24N6OS2/c1-12(9-24-11-23-3)16-8-15(17-10-25-13(2)27(17)4)18-19(22)21(29-20(18)26-16)30(28)14-6-5-7-14/h8-11,14H,3,5-7,22H2,1-2,4H3/b12-9+,24-11-. The summed E-state index contributed by atoms with van der Waals surface area (Å²) < 4.78 is 15.8. The number of imidazole rings is 1. The topological polar surface area (TPSA) is 105 Å². The lowest BCUT2D eigenvalue weighted by Crippen LogP contribution is -2.28. The number of nitrogens with zero attached hydrogens (tertiary/aromatic N) is 5. The second-order valence-electron chi connectivity index (χ2n) is 7.40. The summed E-state index contributed by atoms with van der Waals surface area (Å²) in [6.07, 6.45) is 8.04. The Morgan fingerprint density at radius 3 is 2.83 bits per heavy atom. The van der Waals surface area contributed by atoms with Crippen LogP contribution in [0.5, 0.6) is 0 Å². The Balaban J connectivity index is 1.94. The van der Waals surface area contributed by atoms with Crippen molar-refractivity contribution >= 4 is 57.0 Å². The molecule has 1 fully saturated rings. The number of aryl methyl sites for hydroxylation is 1. The van der Waals surface area contributed by atoms with E-state index in [2.05, 4.69) is 21.7 Å². The van der Waals surface area contributed by atoms with Gasteiger partial charge in [-0.1, -0.05) is 11.3 Å². The number of thiophene rings is 1. The third kappa shape index (κ3) is 3.57. The van der Waals surface area contributed by atoms with Crippen molar-refractivity contribution in [3.63, 3.8) is 0 Å². The molecule has 0 saturated heterocycles. The Kier molecular flexibility index (Phi) is 5.77. The quantitative estimate of drug-likeness (QED) is 0.350. The Hall–Kier alpha value is -2.49. The molecule has 0 aromatic carbocycles. The van der Waals surface area contributed by atoms with Gasteiger partial charge in [-0.3, -0.25) is 4.99 Å². The molecule has 2 N–H and O–H groups in total. The van der Waals surface area contributed by atoms with E-state index in [4.69, 9.17) is 10.7 Å². The molecule has 1 unspecified atom stereocenters. The van der Waals surface area contributed by atoms with Crippen molar-refractivity contribution in [3.8, 4) is 11.3 Å². The van der Waals surface area contributed by atoms with E-state index in [1.807, 2.05) is 37.7 Å². The van der Waals surface area contributed by atoms with Crippen LogP contribution in [-0.4, -0.2) is 37.4 Å². The largest absolute Gasteiger partial charge is 0.611 e. The zero-order valence-electron chi connectivity index (χ0n) is 17.3. The van der Waals surface area contributed by atoms with Gasteiger partial charge in [0.05, 0.1) is 17.6 Å². The molecule has 9 heteroatoms. The molecule has 4 rings (SSSR count).